The highest BCUT2D eigenvalue weighted by Gasteiger charge is 2.31. The average molecular weight is 444 g/mol. The van der Waals surface area contributed by atoms with Gasteiger partial charge in [0.05, 0.1) is 0 Å². The maximum atomic E-state index is 5.99. The quantitative estimate of drug-likeness (QED) is 0.459. The number of nitrogens with one attached hydrogen (secondary N) is 2. The second-order valence-corrected chi connectivity index (χ2v) is 9.39. The zero-order valence-electron chi connectivity index (χ0n) is 19.3. The number of nitrogens with zero attached hydrogens (tertiary/aromatic N) is 3. The lowest BCUT2D eigenvalue weighted by atomic mass is 9.88. The van der Waals surface area contributed by atoms with E-state index in [1.165, 1.54) is 17.7 Å². The number of para-hydroxylation sites is 1. The lowest BCUT2D eigenvalue weighted by molar-refractivity contribution is 0.125. The molecule has 2 unspecified atom stereocenters. The molecule has 1 aromatic heterocycles. The Morgan fingerprint density at radius 1 is 1.23 bits per heavy atom. The van der Waals surface area contributed by atoms with Gasteiger partial charge in [-0.15, -0.1) is 11.3 Å². The van der Waals surface area contributed by atoms with Crippen LogP contribution in [0.5, 0.6) is 5.75 Å². The summed E-state index contributed by atoms with van der Waals surface area (Å²) in [7, 11) is 8.19. The fourth-order valence-electron chi connectivity index (χ4n) is 4.14. The molecule has 0 radical (unpaired) electrons. The predicted molar refractivity (Wildman–Crippen MR) is 131 cm³/mol. The van der Waals surface area contributed by atoms with Crippen LogP contribution in [0, 0.1) is 5.92 Å². The van der Waals surface area contributed by atoms with E-state index >= 15 is 0 Å². The van der Waals surface area contributed by atoms with Crippen LogP contribution in [-0.4, -0.2) is 70.2 Å². The Labute approximate surface area is 191 Å². The molecule has 3 rings (SSSR count). The number of rotatable bonds is 9. The topological polar surface area (TPSA) is 52.1 Å². The first-order valence-electron chi connectivity index (χ1n) is 11.1. The highest BCUT2D eigenvalue weighted by atomic mass is 32.1. The standard InChI is InChI=1S/C24H37N5OS/c1-25-24(26-17-19-9-5-6-11-21(19)30-15-14-28(2)3)27-18-20-10-7-13-29(4)23(20)22-12-8-16-31-22/h5-6,8-9,11-12,16,20,23H,7,10,13-15,17-18H2,1-4H3,(H2,25,26,27). The summed E-state index contributed by atoms with van der Waals surface area (Å²) in [5, 5.41) is 9.21. The van der Waals surface area contributed by atoms with Gasteiger partial charge in [-0.3, -0.25) is 9.89 Å². The molecule has 2 heterocycles. The van der Waals surface area contributed by atoms with Crippen molar-refractivity contribution < 1.29 is 4.74 Å². The first-order chi connectivity index (χ1) is 15.1. The smallest absolute Gasteiger partial charge is 0.191 e. The van der Waals surface area contributed by atoms with Gasteiger partial charge in [0.25, 0.3) is 0 Å². The molecule has 2 aromatic rings. The number of guanidine groups is 1. The molecule has 1 fully saturated rings. The second-order valence-electron chi connectivity index (χ2n) is 8.41. The van der Waals surface area contributed by atoms with Crippen LogP contribution in [0.1, 0.15) is 29.3 Å². The Kier molecular flexibility index (Phi) is 9.18. The van der Waals surface area contributed by atoms with Crippen LogP contribution in [-0.2, 0) is 6.54 Å². The van der Waals surface area contributed by atoms with E-state index in [9.17, 15) is 0 Å². The van der Waals surface area contributed by atoms with Crippen LogP contribution in [0.3, 0.4) is 0 Å². The molecule has 0 aliphatic carbocycles. The molecule has 1 aliphatic heterocycles. The summed E-state index contributed by atoms with van der Waals surface area (Å²) in [6, 6.07) is 13.1. The molecule has 0 bridgehead atoms. The molecule has 2 N–H and O–H groups in total. The van der Waals surface area contributed by atoms with Crippen molar-refractivity contribution in [1.29, 1.82) is 0 Å². The zero-order valence-corrected chi connectivity index (χ0v) is 20.1. The first-order valence-corrected chi connectivity index (χ1v) is 12.0. The van der Waals surface area contributed by atoms with Crippen molar-refractivity contribution >= 4 is 17.3 Å². The maximum absolute atomic E-state index is 5.99. The van der Waals surface area contributed by atoms with Crippen LogP contribution < -0.4 is 15.4 Å². The summed E-state index contributed by atoms with van der Waals surface area (Å²) in [5.41, 5.74) is 1.14. The third kappa shape index (κ3) is 6.95. The number of likely N-dealkylation sites (tertiary alicyclic amines) is 1. The molecule has 31 heavy (non-hydrogen) atoms. The lowest BCUT2D eigenvalue weighted by Gasteiger charge is -2.39. The summed E-state index contributed by atoms with van der Waals surface area (Å²) in [5.74, 6) is 2.33. The van der Waals surface area contributed by atoms with Gasteiger partial charge in [0.1, 0.15) is 12.4 Å². The molecule has 6 nitrogen and oxygen atoms in total. The molecular weight excluding hydrogens is 406 g/mol. The van der Waals surface area contributed by atoms with E-state index in [1.54, 1.807) is 0 Å². The van der Waals surface area contributed by atoms with Crippen molar-refractivity contribution in [3.05, 3.63) is 52.2 Å². The molecule has 1 saturated heterocycles. The van der Waals surface area contributed by atoms with Crippen molar-refractivity contribution in [1.82, 2.24) is 20.4 Å². The minimum Gasteiger partial charge on any atom is -0.492 e. The van der Waals surface area contributed by atoms with Crippen molar-refractivity contribution in [2.45, 2.75) is 25.4 Å². The summed E-state index contributed by atoms with van der Waals surface area (Å²) in [6.45, 7) is 4.32. The summed E-state index contributed by atoms with van der Waals surface area (Å²) in [4.78, 5) is 10.5. The van der Waals surface area contributed by atoms with Crippen LogP contribution >= 0.6 is 11.3 Å². The highest BCUT2D eigenvalue weighted by Crippen LogP contribution is 2.36. The molecule has 0 spiro atoms. The molecule has 0 amide bonds. The maximum Gasteiger partial charge on any atom is 0.191 e. The Bertz CT molecular complexity index is 808. The van der Waals surface area contributed by atoms with Crippen LogP contribution in [0.15, 0.2) is 46.8 Å². The minimum atomic E-state index is 0.477. The van der Waals surface area contributed by atoms with Crippen molar-refractivity contribution in [2.75, 3.05) is 54.4 Å². The van der Waals surface area contributed by atoms with E-state index in [0.29, 0.717) is 25.1 Å². The lowest BCUT2D eigenvalue weighted by Crippen LogP contribution is -2.44. The predicted octanol–water partition coefficient (Wildman–Crippen LogP) is 3.44. The van der Waals surface area contributed by atoms with Gasteiger partial charge in [-0.2, -0.15) is 0 Å². The van der Waals surface area contributed by atoms with Gasteiger partial charge in [0.2, 0.25) is 0 Å². The molecule has 1 aromatic carbocycles. The minimum absolute atomic E-state index is 0.477. The Hall–Kier alpha value is -2.09. The van der Waals surface area contributed by atoms with Gasteiger partial charge < -0.3 is 20.3 Å². The van der Waals surface area contributed by atoms with Gasteiger partial charge in [-0.1, -0.05) is 24.3 Å². The number of aliphatic imine (C=N–C) groups is 1. The number of benzene rings is 1. The number of hydrogen-bond acceptors (Lipinski definition) is 5. The summed E-state index contributed by atoms with van der Waals surface area (Å²) >= 11 is 1.86. The van der Waals surface area contributed by atoms with E-state index in [2.05, 4.69) is 76.2 Å². The average Bonchev–Trinajstić information content (AvgIpc) is 3.29. The van der Waals surface area contributed by atoms with E-state index in [1.807, 2.05) is 30.5 Å². The van der Waals surface area contributed by atoms with Crippen molar-refractivity contribution in [3.8, 4) is 5.75 Å². The van der Waals surface area contributed by atoms with E-state index in [-0.39, 0.29) is 0 Å². The molecular formula is C24H37N5OS. The number of likely N-dealkylation sites (N-methyl/N-ethyl adjacent to an activating group) is 1. The van der Waals surface area contributed by atoms with Gasteiger partial charge in [0.15, 0.2) is 5.96 Å². The molecule has 7 heteroatoms. The number of thiophene rings is 1. The third-order valence-corrected chi connectivity index (χ3v) is 6.76. The Morgan fingerprint density at radius 3 is 2.81 bits per heavy atom. The van der Waals surface area contributed by atoms with Gasteiger partial charge >= 0.3 is 0 Å². The van der Waals surface area contributed by atoms with Gasteiger partial charge in [-0.25, -0.2) is 0 Å². The zero-order chi connectivity index (χ0) is 22.1. The van der Waals surface area contributed by atoms with Gasteiger partial charge in [0, 0.05) is 43.2 Å². The summed E-state index contributed by atoms with van der Waals surface area (Å²) in [6.07, 6.45) is 2.48. The molecule has 2 atom stereocenters. The molecule has 1 aliphatic rings. The number of piperidine rings is 1. The third-order valence-electron chi connectivity index (χ3n) is 5.81. The van der Waals surface area contributed by atoms with Crippen LogP contribution in [0.4, 0.5) is 0 Å². The molecule has 0 saturated carbocycles. The summed E-state index contributed by atoms with van der Waals surface area (Å²) < 4.78 is 5.99. The number of hydrogen-bond donors (Lipinski definition) is 2. The molecule has 170 valence electrons. The Balaban J connectivity index is 1.54. The van der Waals surface area contributed by atoms with Crippen LogP contribution in [0.25, 0.3) is 0 Å². The van der Waals surface area contributed by atoms with E-state index < -0.39 is 0 Å². The van der Waals surface area contributed by atoms with Crippen molar-refractivity contribution in [3.63, 3.8) is 0 Å². The SMILES string of the molecule is CN=C(NCc1ccccc1OCCN(C)C)NCC1CCCN(C)C1c1cccs1. The van der Waals surface area contributed by atoms with Gasteiger partial charge in [-0.05, 0) is 64.0 Å². The number of ether oxygens (including phenoxy) is 1. The largest absolute Gasteiger partial charge is 0.492 e. The monoisotopic (exact) mass is 443 g/mol. The van der Waals surface area contributed by atoms with E-state index in [4.69, 9.17) is 4.74 Å². The fraction of sp³-hybridized carbons (Fsp3) is 0.542. The normalized spacial score (nSPS) is 20.1. The second kappa shape index (κ2) is 12.1. The Morgan fingerprint density at radius 2 is 2.06 bits per heavy atom. The van der Waals surface area contributed by atoms with E-state index in [0.717, 1.165) is 36.9 Å². The van der Waals surface area contributed by atoms with Crippen molar-refractivity contribution in [2.24, 2.45) is 10.9 Å². The highest BCUT2D eigenvalue weighted by molar-refractivity contribution is 7.10. The fourth-order valence-corrected chi connectivity index (χ4v) is 5.12. The van der Waals surface area contributed by atoms with Crippen LogP contribution in [0.2, 0.25) is 0 Å². The first kappa shape index (κ1) is 23.6.